The summed E-state index contributed by atoms with van der Waals surface area (Å²) in [7, 11) is 0. The van der Waals surface area contributed by atoms with Gasteiger partial charge in [-0.3, -0.25) is 10.1 Å². The molecule has 0 radical (unpaired) electrons. The molecule has 2 rings (SSSR count). The van der Waals surface area contributed by atoms with Crippen LogP contribution in [0.4, 0.5) is 5.69 Å². The average molecular weight is 309 g/mol. The number of carbonyl (C=O) groups is 1. The van der Waals surface area contributed by atoms with Crippen LogP contribution in [0.3, 0.4) is 0 Å². The van der Waals surface area contributed by atoms with Crippen molar-refractivity contribution in [3.8, 4) is 5.88 Å². The fraction of sp³-hybridized carbons (Fsp3) is 0.0769. The van der Waals surface area contributed by atoms with Crippen molar-refractivity contribution < 1.29 is 19.6 Å². The van der Waals surface area contributed by atoms with Gasteiger partial charge in [-0.1, -0.05) is 29.8 Å². The van der Waals surface area contributed by atoms with Gasteiger partial charge in [0.2, 0.25) is 0 Å². The zero-order chi connectivity index (χ0) is 15.4. The van der Waals surface area contributed by atoms with E-state index in [1.54, 1.807) is 24.3 Å². The van der Waals surface area contributed by atoms with Crippen molar-refractivity contribution in [3.63, 3.8) is 0 Å². The van der Waals surface area contributed by atoms with Crippen LogP contribution in [0.1, 0.15) is 16.1 Å². The second-order valence-electron chi connectivity index (χ2n) is 3.96. The Morgan fingerprint density at radius 2 is 2.05 bits per heavy atom. The number of carboxylic acid groups (broad SMARTS) is 1. The molecule has 8 heteroatoms. The highest BCUT2D eigenvalue weighted by molar-refractivity contribution is 6.31. The zero-order valence-corrected chi connectivity index (χ0v) is 11.3. The fourth-order valence-corrected chi connectivity index (χ4v) is 1.75. The van der Waals surface area contributed by atoms with Gasteiger partial charge in [0.25, 0.3) is 5.88 Å². The number of halogens is 1. The molecule has 1 aromatic carbocycles. The van der Waals surface area contributed by atoms with Gasteiger partial charge in [0.05, 0.1) is 4.92 Å². The van der Waals surface area contributed by atoms with Gasteiger partial charge in [0, 0.05) is 16.7 Å². The lowest BCUT2D eigenvalue weighted by molar-refractivity contribution is -0.386. The van der Waals surface area contributed by atoms with E-state index in [4.69, 9.17) is 21.4 Å². The van der Waals surface area contributed by atoms with Crippen molar-refractivity contribution in [2.24, 2.45) is 0 Å². The Morgan fingerprint density at radius 1 is 1.33 bits per heavy atom. The van der Waals surface area contributed by atoms with Gasteiger partial charge in [-0.05, 0) is 12.1 Å². The molecule has 0 spiro atoms. The molecule has 1 aromatic heterocycles. The standard InChI is InChI=1S/C13H9ClN2O5/c14-9-4-2-1-3-8(9)7-21-12-11(16(19)20)6-5-10(15-12)13(17)18/h1-6H,7H2,(H,17,18). The summed E-state index contributed by atoms with van der Waals surface area (Å²) in [5.74, 6) is -1.66. The SMILES string of the molecule is O=C(O)c1ccc([N+](=O)[O-])c(OCc2ccccc2Cl)n1. The molecule has 0 saturated heterocycles. The zero-order valence-electron chi connectivity index (χ0n) is 10.5. The smallest absolute Gasteiger partial charge is 0.354 e. The first kappa shape index (κ1) is 14.7. The first-order valence-electron chi connectivity index (χ1n) is 5.74. The molecule has 0 bridgehead atoms. The summed E-state index contributed by atoms with van der Waals surface area (Å²) >= 11 is 5.95. The normalized spacial score (nSPS) is 10.1. The van der Waals surface area contributed by atoms with E-state index < -0.39 is 16.6 Å². The third-order valence-corrected chi connectivity index (χ3v) is 2.95. The van der Waals surface area contributed by atoms with Crippen molar-refractivity contribution in [3.05, 3.63) is 62.8 Å². The number of nitrogens with zero attached hydrogens (tertiary/aromatic N) is 2. The molecule has 0 aliphatic rings. The molecule has 7 nitrogen and oxygen atoms in total. The van der Waals surface area contributed by atoms with E-state index in [0.717, 1.165) is 12.1 Å². The minimum atomic E-state index is -1.30. The second-order valence-corrected chi connectivity index (χ2v) is 4.37. The van der Waals surface area contributed by atoms with Crippen LogP contribution in [0.15, 0.2) is 36.4 Å². The monoisotopic (exact) mass is 308 g/mol. The molecule has 0 fully saturated rings. The van der Waals surface area contributed by atoms with E-state index in [9.17, 15) is 14.9 Å². The maximum atomic E-state index is 10.9. The number of benzene rings is 1. The van der Waals surface area contributed by atoms with E-state index in [2.05, 4.69) is 4.98 Å². The van der Waals surface area contributed by atoms with Crippen LogP contribution in [0.2, 0.25) is 5.02 Å². The summed E-state index contributed by atoms with van der Waals surface area (Å²) in [6, 6.07) is 8.89. The molecule has 21 heavy (non-hydrogen) atoms. The Bertz CT molecular complexity index is 705. The molecule has 0 unspecified atom stereocenters. The van der Waals surface area contributed by atoms with Crippen molar-refractivity contribution in [1.29, 1.82) is 0 Å². The van der Waals surface area contributed by atoms with Gasteiger partial charge >= 0.3 is 11.7 Å². The van der Waals surface area contributed by atoms with E-state index >= 15 is 0 Å². The Labute approximate surface area is 123 Å². The molecule has 0 atom stereocenters. The number of hydrogen-bond donors (Lipinski definition) is 1. The van der Waals surface area contributed by atoms with Gasteiger partial charge in [0.15, 0.2) is 5.69 Å². The van der Waals surface area contributed by atoms with E-state index in [0.29, 0.717) is 10.6 Å². The Kier molecular flexibility index (Phi) is 4.34. The number of nitro groups is 1. The van der Waals surface area contributed by atoms with Crippen LogP contribution in [0, 0.1) is 10.1 Å². The van der Waals surface area contributed by atoms with Gasteiger partial charge in [0.1, 0.15) is 6.61 Å². The lowest BCUT2D eigenvalue weighted by Crippen LogP contribution is -2.06. The molecular weight excluding hydrogens is 300 g/mol. The predicted molar refractivity (Wildman–Crippen MR) is 73.6 cm³/mol. The van der Waals surface area contributed by atoms with E-state index in [-0.39, 0.29) is 18.2 Å². The molecule has 0 amide bonds. The highest BCUT2D eigenvalue weighted by atomic mass is 35.5. The quantitative estimate of drug-likeness (QED) is 0.673. The van der Waals surface area contributed by atoms with Crippen molar-refractivity contribution in [2.45, 2.75) is 6.61 Å². The third kappa shape index (κ3) is 3.46. The molecule has 2 aromatic rings. The van der Waals surface area contributed by atoms with E-state index in [1.165, 1.54) is 0 Å². The topological polar surface area (TPSA) is 103 Å². The van der Waals surface area contributed by atoms with Gasteiger partial charge in [-0.25, -0.2) is 9.78 Å². The number of pyridine rings is 1. The molecule has 1 N–H and O–H groups in total. The maximum absolute atomic E-state index is 10.9. The summed E-state index contributed by atoms with van der Waals surface area (Å²) in [5, 5.41) is 20.2. The molecule has 0 aliphatic heterocycles. The number of rotatable bonds is 5. The Balaban J connectivity index is 2.29. The summed E-state index contributed by atoms with van der Waals surface area (Å²) < 4.78 is 5.26. The summed E-state index contributed by atoms with van der Waals surface area (Å²) in [6.45, 7) is -0.0589. The lowest BCUT2D eigenvalue weighted by Gasteiger charge is -2.07. The highest BCUT2D eigenvalue weighted by Crippen LogP contribution is 2.26. The van der Waals surface area contributed by atoms with Crippen LogP contribution in [0.25, 0.3) is 0 Å². The average Bonchev–Trinajstić information content (AvgIpc) is 2.46. The van der Waals surface area contributed by atoms with Gasteiger partial charge in [-0.15, -0.1) is 0 Å². The van der Waals surface area contributed by atoms with Crippen molar-refractivity contribution in [2.75, 3.05) is 0 Å². The number of hydrogen-bond acceptors (Lipinski definition) is 5. The van der Waals surface area contributed by atoms with Crippen LogP contribution in [0.5, 0.6) is 5.88 Å². The number of aromatic nitrogens is 1. The highest BCUT2D eigenvalue weighted by Gasteiger charge is 2.20. The lowest BCUT2D eigenvalue weighted by atomic mass is 10.2. The van der Waals surface area contributed by atoms with Crippen LogP contribution < -0.4 is 4.74 Å². The first-order chi connectivity index (χ1) is 9.99. The number of aromatic carboxylic acids is 1. The fourth-order valence-electron chi connectivity index (χ4n) is 1.56. The van der Waals surface area contributed by atoms with Crippen LogP contribution in [-0.4, -0.2) is 21.0 Å². The number of carboxylic acids is 1. The third-order valence-electron chi connectivity index (χ3n) is 2.58. The summed E-state index contributed by atoms with van der Waals surface area (Å²) in [6.07, 6.45) is 0. The number of ether oxygens (including phenoxy) is 1. The summed E-state index contributed by atoms with van der Waals surface area (Å²) in [5.41, 5.74) is -0.141. The second kappa shape index (κ2) is 6.19. The van der Waals surface area contributed by atoms with Crippen molar-refractivity contribution in [1.82, 2.24) is 4.98 Å². The summed E-state index contributed by atoms with van der Waals surface area (Å²) in [4.78, 5) is 24.7. The van der Waals surface area contributed by atoms with Gasteiger partial charge in [-0.2, -0.15) is 0 Å². The van der Waals surface area contributed by atoms with Crippen molar-refractivity contribution >= 4 is 23.3 Å². The maximum Gasteiger partial charge on any atom is 0.354 e. The Hall–Kier alpha value is -2.67. The molecule has 108 valence electrons. The largest absolute Gasteiger partial charge is 0.477 e. The first-order valence-corrected chi connectivity index (χ1v) is 6.12. The minimum absolute atomic E-state index is 0.0589. The molecule has 1 heterocycles. The molecule has 0 saturated carbocycles. The van der Waals surface area contributed by atoms with Gasteiger partial charge < -0.3 is 9.84 Å². The predicted octanol–water partition coefficient (Wildman–Crippen LogP) is 2.92. The minimum Gasteiger partial charge on any atom is -0.477 e. The van der Waals surface area contributed by atoms with Crippen LogP contribution >= 0.6 is 11.6 Å². The molecular formula is C13H9ClN2O5. The van der Waals surface area contributed by atoms with Crippen LogP contribution in [-0.2, 0) is 6.61 Å². The molecule has 0 aliphatic carbocycles. The Morgan fingerprint density at radius 3 is 2.67 bits per heavy atom. The van der Waals surface area contributed by atoms with E-state index in [1.807, 2.05) is 0 Å².